The van der Waals surface area contributed by atoms with Gasteiger partial charge in [-0.3, -0.25) is 9.69 Å². The third kappa shape index (κ3) is 3.55. The molecule has 0 atom stereocenters. The standard InChI is InChI=1S/C15H19N5O/c1-3-6-12-9-11(10-13(18-12)19-16)15(21)20(2)14-7-4-5-8-17-14/h4-5,7-10H,3,6,16H2,1-2H3,(H,18,19). The van der Waals surface area contributed by atoms with Gasteiger partial charge in [-0.05, 0) is 30.7 Å². The van der Waals surface area contributed by atoms with Crippen LogP contribution < -0.4 is 16.2 Å². The molecule has 0 aliphatic heterocycles. The molecule has 2 aromatic heterocycles. The highest BCUT2D eigenvalue weighted by Gasteiger charge is 2.16. The number of carbonyl (C=O) groups is 1. The quantitative estimate of drug-likeness (QED) is 0.648. The molecule has 6 nitrogen and oxygen atoms in total. The number of carbonyl (C=O) groups excluding carboxylic acids is 1. The Hall–Kier alpha value is -2.47. The van der Waals surface area contributed by atoms with E-state index in [4.69, 9.17) is 5.84 Å². The molecule has 1 amide bonds. The molecule has 0 aromatic carbocycles. The van der Waals surface area contributed by atoms with Crippen LogP contribution in [0.15, 0.2) is 36.5 Å². The monoisotopic (exact) mass is 285 g/mol. The molecule has 2 rings (SSSR count). The van der Waals surface area contributed by atoms with E-state index in [-0.39, 0.29) is 5.91 Å². The highest BCUT2D eigenvalue weighted by molar-refractivity contribution is 6.05. The number of aromatic nitrogens is 2. The molecule has 6 heteroatoms. The van der Waals surface area contributed by atoms with E-state index in [1.807, 2.05) is 12.1 Å². The number of pyridine rings is 2. The number of amides is 1. The van der Waals surface area contributed by atoms with Crippen molar-refractivity contribution in [2.24, 2.45) is 5.84 Å². The average Bonchev–Trinajstić information content (AvgIpc) is 2.54. The van der Waals surface area contributed by atoms with Gasteiger partial charge in [0.1, 0.15) is 11.6 Å². The number of aryl methyl sites for hydroxylation is 1. The van der Waals surface area contributed by atoms with Crippen molar-refractivity contribution in [3.8, 4) is 0 Å². The number of nitrogen functional groups attached to an aromatic ring is 1. The van der Waals surface area contributed by atoms with Crippen LogP contribution in [0, 0.1) is 0 Å². The summed E-state index contributed by atoms with van der Waals surface area (Å²) in [4.78, 5) is 22.6. The Kier molecular flexibility index (Phi) is 4.84. The number of nitrogens with two attached hydrogens (primary N) is 1. The number of hydrazine groups is 1. The van der Waals surface area contributed by atoms with Crippen molar-refractivity contribution in [3.63, 3.8) is 0 Å². The van der Waals surface area contributed by atoms with E-state index in [0.717, 1.165) is 18.5 Å². The Morgan fingerprint density at radius 2 is 2.19 bits per heavy atom. The summed E-state index contributed by atoms with van der Waals surface area (Å²) >= 11 is 0. The number of hydrogen-bond donors (Lipinski definition) is 2. The Bertz CT molecular complexity index is 615. The van der Waals surface area contributed by atoms with Gasteiger partial charge in [0.05, 0.1) is 0 Å². The fraction of sp³-hybridized carbons (Fsp3) is 0.267. The van der Waals surface area contributed by atoms with Gasteiger partial charge >= 0.3 is 0 Å². The maximum atomic E-state index is 12.6. The maximum Gasteiger partial charge on any atom is 0.259 e. The molecule has 0 unspecified atom stereocenters. The summed E-state index contributed by atoms with van der Waals surface area (Å²) in [7, 11) is 1.69. The Labute approximate surface area is 124 Å². The first-order chi connectivity index (χ1) is 10.2. The largest absolute Gasteiger partial charge is 0.308 e. The summed E-state index contributed by atoms with van der Waals surface area (Å²) in [6, 6.07) is 8.87. The summed E-state index contributed by atoms with van der Waals surface area (Å²) in [6.07, 6.45) is 3.40. The van der Waals surface area contributed by atoms with Crippen molar-refractivity contribution in [2.75, 3.05) is 17.4 Å². The molecule has 0 bridgehead atoms. The lowest BCUT2D eigenvalue weighted by atomic mass is 10.1. The van der Waals surface area contributed by atoms with Crippen molar-refractivity contribution >= 4 is 17.5 Å². The van der Waals surface area contributed by atoms with Crippen LogP contribution in [-0.4, -0.2) is 22.9 Å². The van der Waals surface area contributed by atoms with Gasteiger partial charge in [0.15, 0.2) is 0 Å². The molecule has 21 heavy (non-hydrogen) atoms. The molecule has 0 saturated heterocycles. The summed E-state index contributed by atoms with van der Waals surface area (Å²) in [5.41, 5.74) is 3.88. The third-order valence-corrected chi connectivity index (χ3v) is 3.08. The van der Waals surface area contributed by atoms with Crippen molar-refractivity contribution in [1.82, 2.24) is 9.97 Å². The smallest absolute Gasteiger partial charge is 0.259 e. The van der Waals surface area contributed by atoms with Crippen LogP contribution in [0.4, 0.5) is 11.6 Å². The number of nitrogens with zero attached hydrogens (tertiary/aromatic N) is 3. The van der Waals surface area contributed by atoms with Gasteiger partial charge in [-0.15, -0.1) is 0 Å². The highest BCUT2D eigenvalue weighted by Crippen LogP contribution is 2.16. The van der Waals surface area contributed by atoms with E-state index in [1.54, 1.807) is 31.4 Å². The molecule has 0 fully saturated rings. The maximum absolute atomic E-state index is 12.6. The normalized spacial score (nSPS) is 10.2. The summed E-state index contributed by atoms with van der Waals surface area (Å²) in [5, 5.41) is 0. The van der Waals surface area contributed by atoms with Crippen molar-refractivity contribution in [3.05, 3.63) is 47.8 Å². The molecule has 0 aliphatic carbocycles. The van der Waals surface area contributed by atoms with E-state index >= 15 is 0 Å². The van der Waals surface area contributed by atoms with Crippen LogP contribution in [0.25, 0.3) is 0 Å². The molecular weight excluding hydrogens is 266 g/mol. The van der Waals surface area contributed by atoms with E-state index in [2.05, 4.69) is 22.3 Å². The van der Waals surface area contributed by atoms with Crippen molar-refractivity contribution in [2.45, 2.75) is 19.8 Å². The first-order valence-corrected chi connectivity index (χ1v) is 6.82. The van der Waals surface area contributed by atoms with Crippen LogP contribution in [0.2, 0.25) is 0 Å². The molecule has 0 aliphatic rings. The zero-order chi connectivity index (χ0) is 15.2. The Morgan fingerprint density at radius 3 is 2.81 bits per heavy atom. The zero-order valence-electron chi connectivity index (χ0n) is 12.2. The van der Waals surface area contributed by atoms with Crippen LogP contribution in [0.3, 0.4) is 0 Å². The SMILES string of the molecule is CCCc1cc(C(=O)N(C)c2ccccn2)cc(NN)n1. The van der Waals surface area contributed by atoms with Crippen molar-refractivity contribution in [1.29, 1.82) is 0 Å². The zero-order valence-corrected chi connectivity index (χ0v) is 12.2. The second kappa shape index (κ2) is 6.81. The molecule has 0 spiro atoms. The van der Waals surface area contributed by atoms with Crippen LogP contribution in [0.5, 0.6) is 0 Å². The minimum absolute atomic E-state index is 0.148. The predicted molar refractivity (Wildman–Crippen MR) is 83.0 cm³/mol. The summed E-state index contributed by atoms with van der Waals surface area (Å²) < 4.78 is 0. The second-order valence-electron chi connectivity index (χ2n) is 4.68. The van der Waals surface area contributed by atoms with Gasteiger partial charge in [0, 0.05) is 24.5 Å². The second-order valence-corrected chi connectivity index (χ2v) is 4.68. The van der Waals surface area contributed by atoms with E-state index in [0.29, 0.717) is 17.2 Å². The third-order valence-electron chi connectivity index (χ3n) is 3.08. The number of rotatable bonds is 5. The van der Waals surface area contributed by atoms with Crippen molar-refractivity contribution < 1.29 is 4.79 Å². The van der Waals surface area contributed by atoms with Gasteiger partial charge in [-0.25, -0.2) is 15.8 Å². The van der Waals surface area contributed by atoms with Crippen LogP contribution in [0.1, 0.15) is 29.4 Å². The molecule has 3 N–H and O–H groups in total. The Morgan fingerprint density at radius 1 is 1.38 bits per heavy atom. The van der Waals surface area contributed by atoms with Gasteiger partial charge in [0.25, 0.3) is 5.91 Å². The molecule has 2 aromatic rings. The van der Waals surface area contributed by atoms with Gasteiger partial charge in [-0.2, -0.15) is 0 Å². The first kappa shape index (κ1) is 14.9. The molecule has 110 valence electrons. The van der Waals surface area contributed by atoms with Gasteiger partial charge in [0.2, 0.25) is 0 Å². The molecular formula is C15H19N5O. The van der Waals surface area contributed by atoms with E-state index in [1.165, 1.54) is 4.90 Å². The number of nitrogens with one attached hydrogen (secondary N) is 1. The Balaban J connectivity index is 2.31. The van der Waals surface area contributed by atoms with Gasteiger partial charge in [-0.1, -0.05) is 19.4 Å². The van der Waals surface area contributed by atoms with Gasteiger partial charge < -0.3 is 5.43 Å². The average molecular weight is 285 g/mol. The minimum Gasteiger partial charge on any atom is -0.308 e. The lowest BCUT2D eigenvalue weighted by Crippen LogP contribution is -2.27. The fourth-order valence-electron chi connectivity index (χ4n) is 2.02. The first-order valence-electron chi connectivity index (χ1n) is 6.82. The number of anilines is 2. The molecule has 2 heterocycles. The fourth-order valence-corrected chi connectivity index (χ4v) is 2.02. The molecule has 0 saturated carbocycles. The van der Waals surface area contributed by atoms with E-state index in [9.17, 15) is 4.79 Å². The molecule has 0 radical (unpaired) electrons. The lowest BCUT2D eigenvalue weighted by Gasteiger charge is -2.17. The highest BCUT2D eigenvalue weighted by atomic mass is 16.2. The summed E-state index contributed by atoms with van der Waals surface area (Å²) in [5.74, 6) is 6.35. The topological polar surface area (TPSA) is 84.1 Å². The minimum atomic E-state index is -0.148. The number of hydrogen-bond acceptors (Lipinski definition) is 5. The van der Waals surface area contributed by atoms with Crippen LogP contribution >= 0.6 is 0 Å². The summed E-state index contributed by atoms with van der Waals surface area (Å²) in [6.45, 7) is 2.06. The predicted octanol–water partition coefficient (Wildman–Crippen LogP) is 1.99. The van der Waals surface area contributed by atoms with Crippen LogP contribution in [-0.2, 0) is 6.42 Å². The lowest BCUT2D eigenvalue weighted by molar-refractivity contribution is 0.0992. The van der Waals surface area contributed by atoms with E-state index < -0.39 is 0 Å².